The van der Waals surface area contributed by atoms with Crippen molar-refractivity contribution in [2.75, 3.05) is 44.2 Å². The average molecular weight is 641 g/mol. The van der Waals surface area contributed by atoms with Crippen molar-refractivity contribution in [3.05, 3.63) is 75.2 Å². The molecule has 3 heterocycles. The molecule has 2 aliphatic rings. The molecule has 0 spiro atoms. The van der Waals surface area contributed by atoms with Gasteiger partial charge in [0.05, 0.1) is 28.2 Å². The Morgan fingerprint density at radius 3 is 2.25 bits per heavy atom. The van der Waals surface area contributed by atoms with E-state index < -0.39 is 29.8 Å². The molecule has 2 saturated heterocycles. The molecule has 0 aliphatic carbocycles. The van der Waals surface area contributed by atoms with Crippen LogP contribution in [0, 0.1) is 6.92 Å². The molecular formula is C30H30F6N4O3S. The van der Waals surface area contributed by atoms with E-state index in [1.807, 2.05) is 11.8 Å². The summed E-state index contributed by atoms with van der Waals surface area (Å²) in [6.07, 6.45) is -8.07. The highest BCUT2D eigenvalue weighted by Gasteiger charge is 2.35. The van der Waals surface area contributed by atoms with E-state index in [9.17, 15) is 35.9 Å². The van der Waals surface area contributed by atoms with Gasteiger partial charge in [-0.1, -0.05) is 18.2 Å². The maximum absolute atomic E-state index is 13.1. The first-order chi connectivity index (χ1) is 20.8. The lowest BCUT2D eigenvalue weighted by atomic mass is 9.97. The molecule has 0 bridgehead atoms. The minimum atomic E-state index is -4.91. The highest BCUT2D eigenvalue weighted by atomic mass is 32.1. The van der Waals surface area contributed by atoms with E-state index >= 15 is 0 Å². The molecule has 2 amide bonds. The molecule has 0 atom stereocenters. The Balaban J connectivity index is 1.14. The van der Waals surface area contributed by atoms with Crippen LogP contribution < -0.4 is 9.64 Å². The molecule has 3 aromatic rings. The molecule has 0 unspecified atom stereocenters. The van der Waals surface area contributed by atoms with Crippen molar-refractivity contribution in [3.63, 3.8) is 0 Å². The lowest BCUT2D eigenvalue weighted by molar-refractivity contribution is -0.274. The summed E-state index contributed by atoms with van der Waals surface area (Å²) >= 11 is 1.49. The lowest BCUT2D eigenvalue weighted by Gasteiger charge is -2.36. The van der Waals surface area contributed by atoms with Gasteiger partial charge in [-0.2, -0.15) is 13.2 Å². The van der Waals surface area contributed by atoms with Gasteiger partial charge in [-0.05, 0) is 50.1 Å². The Hall–Kier alpha value is -3.81. The van der Waals surface area contributed by atoms with Crippen LogP contribution in [-0.4, -0.2) is 72.2 Å². The summed E-state index contributed by atoms with van der Waals surface area (Å²) in [6, 6.07) is 10.5. The number of piperazine rings is 1. The third-order valence-corrected chi connectivity index (χ3v) is 9.05. The molecule has 7 nitrogen and oxygen atoms in total. The number of thiazole rings is 1. The van der Waals surface area contributed by atoms with Crippen LogP contribution in [0.25, 0.3) is 0 Å². The molecule has 2 aromatic carbocycles. The number of carbonyl (C=O) groups excluding carboxylic acids is 2. The van der Waals surface area contributed by atoms with Gasteiger partial charge in [0.2, 0.25) is 5.91 Å². The Morgan fingerprint density at radius 2 is 1.59 bits per heavy atom. The molecule has 2 aliphatic heterocycles. The van der Waals surface area contributed by atoms with E-state index in [4.69, 9.17) is 4.98 Å². The summed E-state index contributed by atoms with van der Waals surface area (Å²) in [5.74, 6) is -1.12. The minimum Gasteiger partial charge on any atom is -0.405 e. The third kappa shape index (κ3) is 7.45. The van der Waals surface area contributed by atoms with Crippen LogP contribution in [0.4, 0.5) is 32.0 Å². The zero-order valence-electron chi connectivity index (χ0n) is 23.7. The SMILES string of the molecule is Cc1sc(C2CCN(C(=O)c3ccccc3OC(F)(F)F)CC2)nc1CC(=O)N1CCN(c2cccc(C(F)(F)F)c2)CC1. The number of ether oxygens (including phenoxy) is 1. The van der Waals surface area contributed by atoms with Crippen LogP contribution in [0.5, 0.6) is 5.75 Å². The fraction of sp³-hybridized carbons (Fsp3) is 0.433. The topological polar surface area (TPSA) is 66.0 Å². The van der Waals surface area contributed by atoms with Crippen molar-refractivity contribution < 1.29 is 40.7 Å². The highest BCUT2D eigenvalue weighted by Crippen LogP contribution is 2.35. The van der Waals surface area contributed by atoms with Crippen molar-refractivity contribution in [1.29, 1.82) is 0 Å². The van der Waals surface area contributed by atoms with E-state index in [1.165, 1.54) is 40.5 Å². The summed E-state index contributed by atoms with van der Waals surface area (Å²) in [6.45, 7) is 4.17. The number of benzene rings is 2. The molecule has 5 rings (SSSR count). The second-order valence-electron chi connectivity index (χ2n) is 10.8. The Bertz CT molecular complexity index is 1490. The molecule has 0 saturated carbocycles. The molecular weight excluding hydrogens is 610 g/mol. The maximum atomic E-state index is 13.1. The number of amides is 2. The number of halogens is 6. The first-order valence-corrected chi connectivity index (χ1v) is 14.9. The van der Waals surface area contributed by atoms with Crippen LogP contribution in [0.1, 0.15) is 50.3 Å². The Labute approximate surface area is 254 Å². The smallest absolute Gasteiger partial charge is 0.405 e. The number of aromatic nitrogens is 1. The van der Waals surface area contributed by atoms with Gasteiger partial charge in [0.15, 0.2) is 0 Å². The quantitative estimate of drug-likeness (QED) is 0.297. The summed E-state index contributed by atoms with van der Waals surface area (Å²) < 4.78 is 81.8. The molecule has 14 heteroatoms. The second kappa shape index (κ2) is 12.7. The first-order valence-electron chi connectivity index (χ1n) is 14.1. The third-order valence-electron chi connectivity index (χ3n) is 7.87. The zero-order chi connectivity index (χ0) is 31.6. The number of carbonyl (C=O) groups is 2. The van der Waals surface area contributed by atoms with Gasteiger partial charge in [0.1, 0.15) is 5.75 Å². The highest BCUT2D eigenvalue weighted by molar-refractivity contribution is 7.11. The van der Waals surface area contributed by atoms with E-state index in [0.29, 0.717) is 63.5 Å². The molecule has 1 aromatic heterocycles. The van der Waals surface area contributed by atoms with E-state index in [2.05, 4.69) is 4.74 Å². The van der Waals surface area contributed by atoms with Gasteiger partial charge >= 0.3 is 12.5 Å². The maximum Gasteiger partial charge on any atom is 0.573 e. The largest absolute Gasteiger partial charge is 0.573 e. The minimum absolute atomic E-state index is 0.0456. The van der Waals surface area contributed by atoms with Gasteiger partial charge in [0, 0.05) is 55.8 Å². The molecule has 236 valence electrons. The van der Waals surface area contributed by atoms with Crippen molar-refractivity contribution in [1.82, 2.24) is 14.8 Å². The van der Waals surface area contributed by atoms with Gasteiger partial charge in [0.25, 0.3) is 5.91 Å². The standard InChI is InChI=1S/C30H30F6N4O3S/c1-19-24(18-26(41)39-15-13-38(14-16-39)22-6-4-5-21(17-22)29(31,32)33)37-27(44-19)20-9-11-40(12-10-20)28(42)23-7-2-3-8-25(23)43-30(34,35)36/h2-8,17,20H,9-16,18H2,1H3. The van der Waals surface area contributed by atoms with Gasteiger partial charge in [-0.3, -0.25) is 9.59 Å². The molecule has 2 fully saturated rings. The second-order valence-corrected chi connectivity index (χ2v) is 12.0. The van der Waals surface area contributed by atoms with Gasteiger partial charge in [-0.25, -0.2) is 4.98 Å². The lowest BCUT2D eigenvalue weighted by Crippen LogP contribution is -2.49. The monoisotopic (exact) mass is 640 g/mol. The van der Waals surface area contributed by atoms with Crippen LogP contribution >= 0.6 is 11.3 Å². The van der Waals surface area contributed by atoms with Crippen LogP contribution in [0.2, 0.25) is 0 Å². The number of piperidine rings is 1. The van der Waals surface area contributed by atoms with Crippen LogP contribution in [0.3, 0.4) is 0 Å². The predicted molar refractivity (Wildman–Crippen MR) is 152 cm³/mol. The average Bonchev–Trinajstić information content (AvgIpc) is 3.35. The summed E-state index contributed by atoms with van der Waals surface area (Å²) in [5.41, 5.74) is 0.289. The van der Waals surface area contributed by atoms with E-state index in [0.717, 1.165) is 28.1 Å². The summed E-state index contributed by atoms with van der Waals surface area (Å²) in [7, 11) is 0. The number of aryl methyl sites for hydroxylation is 1. The number of hydrogen-bond donors (Lipinski definition) is 0. The zero-order valence-corrected chi connectivity index (χ0v) is 24.6. The van der Waals surface area contributed by atoms with Crippen LogP contribution in [0.15, 0.2) is 48.5 Å². The first kappa shape index (κ1) is 31.6. The normalized spacial score (nSPS) is 16.8. The van der Waals surface area contributed by atoms with Crippen LogP contribution in [-0.2, 0) is 17.4 Å². The summed E-state index contributed by atoms with van der Waals surface area (Å²) in [4.78, 5) is 36.8. The number of anilines is 1. The number of para-hydroxylation sites is 1. The number of hydrogen-bond acceptors (Lipinski definition) is 6. The molecule has 0 radical (unpaired) electrons. The Kier molecular flexibility index (Phi) is 9.10. The molecule has 0 N–H and O–H groups in total. The fourth-order valence-corrected chi connectivity index (χ4v) is 6.60. The number of rotatable bonds is 6. The van der Waals surface area contributed by atoms with Crippen molar-refractivity contribution >= 4 is 28.8 Å². The Morgan fingerprint density at radius 1 is 0.909 bits per heavy atom. The van der Waals surface area contributed by atoms with Crippen molar-refractivity contribution in [2.24, 2.45) is 0 Å². The number of nitrogens with zero attached hydrogens (tertiary/aromatic N) is 4. The summed E-state index contributed by atoms with van der Waals surface area (Å²) in [5, 5.41) is 0.854. The number of likely N-dealkylation sites (tertiary alicyclic amines) is 1. The molecule has 44 heavy (non-hydrogen) atoms. The van der Waals surface area contributed by atoms with Crippen molar-refractivity contribution in [3.8, 4) is 5.75 Å². The fourth-order valence-electron chi connectivity index (χ4n) is 5.49. The van der Waals surface area contributed by atoms with Crippen molar-refractivity contribution in [2.45, 2.75) is 44.6 Å². The van der Waals surface area contributed by atoms with E-state index in [-0.39, 0.29) is 23.8 Å². The van der Waals surface area contributed by atoms with Gasteiger partial charge in [-0.15, -0.1) is 24.5 Å². The van der Waals surface area contributed by atoms with Gasteiger partial charge < -0.3 is 19.4 Å². The van der Waals surface area contributed by atoms with E-state index in [1.54, 1.807) is 11.0 Å². The predicted octanol–water partition coefficient (Wildman–Crippen LogP) is 6.28. The number of alkyl halides is 6.